The number of hydrogen-bond acceptors (Lipinski definition) is 4. The summed E-state index contributed by atoms with van der Waals surface area (Å²) in [6.45, 7) is 2.28. The second-order valence-corrected chi connectivity index (χ2v) is 5.15. The van der Waals surface area contributed by atoms with E-state index < -0.39 is 0 Å². The van der Waals surface area contributed by atoms with Gasteiger partial charge in [-0.15, -0.1) is 0 Å². The first-order chi connectivity index (χ1) is 10.7. The van der Waals surface area contributed by atoms with Crippen LogP contribution < -0.4 is 14.8 Å². The van der Waals surface area contributed by atoms with Crippen molar-refractivity contribution >= 4 is 5.69 Å². The van der Waals surface area contributed by atoms with Gasteiger partial charge in [0.25, 0.3) is 0 Å². The van der Waals surface area contributed by atoms with Gasteiger partial charge in [-0.3, -0.25) is 0 Å². The van der Waals surface area contributed by atoms with Crippen LogP contribution in [0.25, 0.3) is 0 Å². The van der Waals surface area contributed by atoms with Crippen molar-refractivity contribution in [3.63, 3.8) is 0 Å². The first-order valence-electron chi connectivity index (χ1n) is 7.36. The highest BCUT2D eigenvalue weighted by Gasteiger charge is 2.10. The molecule has 4 nitrogen and oxygen atoms in total. The highest BCUT2D eigenvalue weighted by molar-refractivity contribution is 5.49. The zero-order valence-corrected chi connectivity index (χ0v) is 13.3. The van der Waals surface area contributed by atoms with Crippen LogP contribution in [-0.4, -0.2) is 25.9 Å². The maximum atomic E-state index is 8.94. The van der Waals surface area contributed by atoms with Gasteiger partial charge in [-0.1, -0.05) is 18.2 Å². The van der Waals surface area contributed by atoms with E-state index in [2.05, 4.69) is 12.2 Å². The van der Waals surface area contributed by atoms with E-state index in [1.807, 2.05) is 42.5 Å². The molecule has 0 amide bonds. The van der Waals surface area contributed by atoms with Crippen LogP contribution in [0.4, 0.5) is 5.69 Å². The molecule has 0 aliphatic rings. The Morgan fingerprint density at radius 2 is 1.68 bits per heavy atom. The predicted octanol–water partition coefficient (Wildman–Crippen LogP) is 3.41. The van der Waals surface area contributed by atoms with Crippen molar-refractivity contribution < 1.29 is 14.6 Å². The third kappa shape index (κ3) is 3.92. The van der Waals surface area contributed by atoms with Gasteiger partial charge in [0.15, 0.2) is 11.5 Å². The Morgan fingerprint density at radius 1 is 1.00 bits per heavy atom. The Hall–Kier alpha value is -2.20. The van der Waals surface area contributed by atoms with E-state index in [9.17, 15) is 0 Å². The molecule has 22 heavy (non-hydrogen) atoms. The van der Waals surface area contributed by atoms with Crippen molar-refractivity contribution in [3.8, 4) is 11.5 Å². The highest BCUT2D eigenvalue weighted by atomic mass is 16.5. The van der Waals surface area contributed by atoms with E-state index in [4.69, 9.17) is 14.6 Å². The smallest absolute Gasteiger partial charge is 0.161 e. The minimum atomic E-state index is 0.142. The van der Waals surface area contributed by atoms with Gasteiger partial charge < -0.3 is 19.9 Å². The highest BCUT2D eigenvalue weighted by Crippen LogP contribution is 2.31. The van der Waals surface area contributed by atoms with E-state index in [1.54, 1.807) is 14.2 Å². The largest absolute Gasteiger partial charge is 0.493 e. The molecule has 0 bridgehead atoms. The Morgan fingerprint density at radius 3 is 2.27 bits per heavy atom. The summed E-state index contributed by atoms with van der Waals surface area (Å²) >= 11 is 0. The summed E-state index contributed by atoms with van der Waals surface area (Å²) in [6.07, 6.45) is 0.686. The lowest BCUT2D eigenvalue weighted by Gasteiger charge is -2.18. The lowest BCUT2D eigenvalue weighted by molar-refractivity contribution is 0.299. The van der Waals surface area contributed by atoms with Crippen molar-refractivity contribution in [2.75, 3.05) is 26.1 Å². The van der Waals surface area contributed by atoms with Crippen molar-refractivity contribution in [3.05, 3.63) is 53.6 Å². The van der Waals surface area contributed by atoms with Crippen LogP contribution in [0.15, 0.2) is 42.5 Å². The molecule has 0 saturated heterocycles. The summed E-state index contributed by atoms with van der Waals surface area (Å²) < 4.78 is 10.6. The molecule has 0 aromatic heterocycles. The Bertz CT molecular complexity index is 596. The molecular formula is C18H23NO3. The molecule has 118 valence electrons. The van der Waals surface area contributed by atoms with Crippen molar-refractivity contribution in [2.45, 2.75) is 19.4 Å². The molecule has 2 aromatic carbocycles. The fourth-order valence-electron chi connectivity index (χ4n) is 2.35. The normalized spacial score (nSPS) is 11.8. The molecule has 0 aliphatic carbocycles. The van der Waals surface area contributed by atoms with E-state index in [-0.39, 0.29) is 12.6 Å². The van der Waals surface area contributed by atoms with Crippen LogP contribution in [-0.2, 0) is 6.42 Å². The molecule has 0 spiro atoms. The number of methoxy groups -OCH3 is 2. The van der Waals surface area contributed by atoms with Gasteiger partial charge >= 0.3 is 0 Å². The monoisotopic (exact) mass is 301 g/mol. The van der Waals surface area contributed by atoms with Crippen molar-refractivity contribution in [1.82, 2.24) is 0 Å². The van der Waals surface area contributed by atoms with Crippen LogP contribution in [0.2, 0.25) is 0 Å². The third-order valence-corrected chi connectivity index (χ3v) is 3.65. The van der Waals surface area contributed by atoms with E-state index >= 15 is 0 Å². The van der Waals surface area contributed by atoms with Gasteiger partial charge in [-0.25, -0.2) is 0 Å². The third-order valence-electron chi connectivity index (χ3n) is 3.65. The second-order valence-electron chi connectivity index (χ2n) is 5.15. The molecule has 2 N–H and O–H groups in total. The number of aliphatic hydroxyl groups is 1. The van der Waals surface area contributed by atoms with Crippen LogP contribution in [0.3, 0.4) is 0 Å². The molecule has 0 saturated carbocycles. The molecule has 1 unspecified atom stereocenters. The topological polar surface area (TPSA) is 50.7 Å². The summed E-state index contributed by atoms with van der Waals surface area (Å²) in [5, 5.41) is 12.4. The van der Waals surface area contributed by atoms with Gasteiger partial charge in [-0.2, -0.15) is 0 Å². The minimum absolute atomic E-state index is 0.142. The zero-order chi connectivity index (χ0) is 15.9. The summed E-state index contributed by atoms with van der Waals surface area (Å²) in [7, 11) is 3.27. The minimum Gasteiger partial charge on any atom is -0.493 e. The number of anilines is 1. The lowest BCUT2D eigenvalue weighted by atomic mass is 10.1. The summed E-state index contributed by atoms with van der Waals surface area (Å²) in [5.74, 6) is 1.46. The molecule has 2 aromatic rings. The second kappa shape index (κ2) is 7.71. The average Bonchev–Trinajstić information content (AvgIpc) is 2.56. The maximum Gasteiger partial charge on any atom is 0.161 e. The molecular weight excluding hydrogens is 278 g/mol. The molecule has 0 heterocycles. The van der Waals surface area contributed by atoms with Crippen LogP contribution in [0, 0.1) is 0 Å². The van der Waals surface area contributed by atoms with Crippen LogP contribution >= 0.6 is 0 Å². The summed E-state index contributed by atoms with van der Waals surface area (Å²) in [6, 6.07) is 14.2. The number of benzene rings is 2. The fourth-order valence-corrected chi connectivity index (χ4v) is 2.35. The molecule has 0 fully saturated rings. The zero-order valence-electron chi connectivity index (χ0n) is 13.3. The number of nitrogens with one attached hydrogen (secondary N) is 1. The van der Waals surface area contributed by atoms with Gasteiger partial charge in [0.1, 0.15) is 0 Å². The van der Waals surface area contributed by atoms with Gasteiger partial charge in [0.2, 0.25) is 0 Å². The summed E-state index contributed by atoms with van der Waals surface area (Å²) in [4.78, 5) is 0. The number of aliphatic hydroxyl groups excluding tert-OH is 1. The lowest BCUT2D eigenvalue weighted by Crippen LogP contribution is -2.07. The Balaban J connectivity index is 2.09. The number of rotatable bonds is 7. The molecule has 1 atom stereocenters. The predicted molar refractivity (Wildman–Crippen MR) is 88.8 cm³/mol. The average molecular weight is 301 g/mol. The van der Waals surface area contributed by atoms with Crippen molar-refractivity contribution in [2.24, 2.45) is 0 Å². The van der Waals surface area contributed by atoms with Crippen molar-refractivity contribution in [1.29, 1.82) is 0 Å². The quantitative estimate of drug-likeness (QED) is 0.823. The Labute approximate surface area is 131 Å². The van der Waals surface area contributed by atoms with Gasteiger partial charge in [0, 0.05) is 18.3 Å². The number of hydrogen-bond donors (Lipinski definition) is 2. The molecule has 0 aliphatic heterocycles. The standard InChI is InChI=1S/C18H23NO3/c1-13(15-6-9-17(21-2)18(12-15)22-3)19-16-7-4-14(5-8-16)10-11-20/h4-9,12-13,19-20H,10-11H2,1-3H3. The maximum absolute atomic E-state index is 8.94. The molecule has 4 heteroatoms. The Kier molecular flexibility index (Phi) is 5.67. The van der Waals surface area contributed by atoms with Crippen LogP contribution in [0.5, 0.6) is 11.5 Å². The molecule has 2 rings (SSSR count). The first-order valence-corrected chi connectivity index (χ1v) is 7.36. The summed E-state index contributed by atoms with van der Waals surface area (Å²) in [5.41, 5.74) is 3.30. The SMILES string of the molecule is COc1ccc(C(C)Nc2ccc(CCO)cc2)cc1OC. The first kappa shape index (κ1) is 16.2. The van der Waals surface area contributed by atoms with E-state index in [1.165, 1.54) is 0 Å². The van der Waals surface area contributed by atoms with Crippen LogP contribution in [0.1, 0.15) is 24.1 Å². The van der Waals surface area contributed by atoms with Gasteiger partial charge in [0.05, 0.1) is 14.2 Å². The fraction of sp³-hybridized carbons (Fsp3) is 0.333. The van der Waals surface area contributed by atoms with E-state index in [0.29, 0.717) is 6.42 Å². The molecule has 0 radical (unpaired) electrons. The number of ether oxygens (including phenoxy) is 2. The van der Waals surface area contributed by atoms with Gasteiger partial charge in [-0.05, 0) is 48.7 Å². The van der Waals surface area contributed by atoms with E-state index in [0.717, 1.165) is 28.3 Å².